The first-order chi connectivity index (χ1) is 20.1. The summed E-state index contributed by atoms with van der Waals surface area (Å²) in [6, 6.07) is 29.1. The number of hydrogen-bond donors (Lipinski definition) is 1. The zero-order valence-electron chi connectivity index (χ0n) is 22.6. The lowest BCUT2D eigenvalue weighted by Gasteiger charge is -2.22. The van der Waals surface area contributed by atoms with E-state index in [0.717, 1.165) is 50.7 Å². The Kier molecular flexibility index (Phi) is 7.69. The van der Waals surface area contributed by atoms with Gasteiger partial charge in [-0.3, -0.25) is 0 Å². The summed E-state index contributed by atoms with van der Waals surface area (Å²) in [5, 5.41) is 19.5. The summed E-state index contributed by atoms with van der Waals surface area (Å²) in [6.07, 6.45) is 6.16. The highest BCUT2D eigenvalue weighted by atomic mass is 32.2. The van der Waals surface area contributed by atoms with Crippen LogP contribution in [0.1, 0.15) is 37.5 Å². The van der Waals surface area contributed by atoms with Crippen molar-refractivity contribution >= 4 is 46.0 Å². The van der Waals surface area contributed by atoms with E-state index in [-0.39, 0.29) is 5.57 Å². The fraction of sp³-hybridized carbons (Fsp3) is 0.176. The average Bonchev–Trinajstić information content (AvgIpc) is 3.62. The minimum atomic E-state index is -1.22. The molecule has 0 radical (unpaired) electrons. The molecule has 2 aromatic heterocycles. The maximum atomic E-state index is 11.3. The molecule has 0 saturated carbocycles. The molecule has 0 saturated heterocycles. The maximum absolute atomic E-state index is 11.3. The number of carbonyl (C=O) groups is 1. The van der Waals surface area contributed by atoms with E-state index < -0.39 is 5.97 Å². The number of hydrogen-bond acceptors (Lipinski definition) is 5. The van der Waals surface area contributed by atoms with Crippen molar-refractivity contribution in [1.82, 2.24) is 4.57 Å². The first kappa shape index (κ1) is 26.9. The van der Waals surface area contributed by atoms with Gasteiger partial charge in [0.15, 0.2) is 0 Å². The lowest BCUT2D eigenvalue weighted by Crippen LogP contribution is -2.03. The van der Waals surface area contributed by atoms with Gasteiger partial charge in [0.25, 0.3) is 0 Å². The fourth-order valence-corrected chi connectivity index (χ4v) is 7.23. The molecule has 5 nitrogen and oxygen atoms in total. The van der Waals surface area contributed by atoms with Crippen LogP contribution in [0, 0.1) is 11.3 Å². The van der Waals surface area contributed by atoms with E-state index >= 15 is 0 Å². The van der Waals surface area contributed by atoms with Gasteiger partial charge in [-0.2, -0.15) is 5.26 Å². The highest BCUT2D eigenvalue weighted by Gasteiger charge is 2.24. The van der Waals surface area contributed by atoms with Crippen LogP contribution in [0.25, 0.3) is 44.4 Å². The Hall–Kier alpha value is -4.25. The molecule has 1 aliphatic heterocycles. The number of para-hydroxylation sites is 1. The number of carboxylic acid groups (broad SMARTS) is 1. The van der Waals surface area contributed by atoms with Gasteiger partial charge in [0.1, 0.15) is 17.4 Å². The second kappa shape index (κ2) is 11.7. The van der Waals surface area contributed by atoms with Crippen molar-refractivity contribution in [2.75, 3.05) is 6.61 Å². The molecule has 1 N–H and O–H groups in total. The number of fused-ring (bicyclic) bond motifs is 2. The first-order valence-electron chi connectivity index (χ1n) is 13.7. The Morgan fingerprint density at radius 3 is 2.59 bits per heavy atom. The standard InChI is InChI=1S/C34H28N2O3S2/c1-2-3-4-7-16-39-26-12-10-22(11-13-26)29-19-24-17-23(30-15-14-27(40-30)18-25(21-35)34(37)38)20-32-33(24)36(29)28-8-5-6-9-31(28)41-32/h5-6,8-15,17-20H,2-4,7,16H2,1H3,(H,37,38)/b25-18-. The van der Waals surface area contributed by atoms with Crippen LogP contribution in [0.3, 0.4) is 0 Å². The number of nitrogens with zero attached hydrogens (tertiary/aromatic N) is 2. The van der Waals surface area contributed by atoms with Gasteiger partial charge in [-0.1, -0.05) is 50.1 Å². The Morgan fingerprint density at radius 1 is 0.976 bits per heavy atom. The van der Waals surface area contributed by atoms with Crippen LogP contribution in [0.4, 0.5) is 0 Å². The summed E-state index contributed by atoms with van der Waals surface area (Å²) in [5.41, 5.74) is 5.38. The zero-order chi connectivity index (χ0) is 28.3. The average molecular weight is 577 g/mol. The molecule has 6 rings (SSSR count). The molecule has 0 unspecified atom stereocenters. The molecule has 0 amide bonds. The smallest absolute Gasteiger partial charge is 0.346 e. The highest BCUT2D eigenvalue weighted by molar-refractivity contribution is 7.99. The Balaban J connectivity index is 1.39. The van der Waals surface area contributed by atoms with Crippen LogP contribution in [-0.2, 0) is 4.79 Å². The lowest BCUT2D eigenvalue weighted by molar-refractivity contribution is -0.132. The van der Waals surface area contributed by atoms with Gasteiger partial charge >= 0.3 is 5.97 Å². The van der Waals surface area contributed by atoms with Crippen molar-refractivity contribution in [3.63, 3.8) is 0 Å². The van der Waals surface area contributed by atoms with Gasteiger partial charge in [0, 0.05) is 24.9 Å². The largest absolute Gasteiger partial charge is 0.494 e. The normalized spacial score (nSPS) is 12.2. The molecule has 7 heteroatoms. The molecular formula is C34H28N2O3S2. The molecule has 41 heavy (non-hydrogen) atoms. The van der Waals surface area contributed by atoms with Crippen molar-refractivity contribution in [1.29, 1.82) is 5.26 Å². The summed E-state index contributed by atoms with van der Waals surface area (Å²) in [4.78, 5) is 15.4. The summed E-state index contributed by atoms with van der Waals surface area (Å²) in [7, 11) is 0. The maximum Gasteiger partial charge on any atom is 0.346 e. The zero-order valence-corrected chi connectivity index (χ0v) is 24.2. The second-order valence-corrected chi connectivity index (χ2v) is 12.2. The molecule has 0 bridgehead atoms. The number of carboxylic acids is 1. The third-order valence-electron chi connectivity index (χ3n) is 7.15. The SMILES string of the molecule is CCCCCCOc1ccc(-c2cc3cc(-c4ccc(/C=C(/C#N)C(=O)O)s4)cc4c3n2-c2ccccc2S4)cc1. The predicted octanol–water partition coefficient (Wildman–Crippen LogP) is 9.44. The van der Waals surface area contributed by atoms with Crippen molar-refractivity contribution in [3.8, 4) is 39.2 Å². The van der Waals surface area contributed by atoms with E-state index in [1.165, 1.54) is 57.7 Å². The number of rotatable bonds is 10. The molecule has 5 aromatic rings. The van der Waals surface area contributed by atoms with E-state index in [4.69, 9.17) is 10.00 Å². The molecule has 1 aliphatic rings. The quantitative estimate of drug-likeness (QED) is 0.0999. The molecule has 3 heterocycles. The second-order valence-electron chi connectivity index (χ2n) is 9.96. The van der Waals surface area contributed by atoms with E-state index in [1.807, 2.05) is 12.1 Å². The summed E-state index contributed by atoms with van der Waals surface area (Å²) < 4.78 is 8.35. The van der Waals surface area contributed by atoms with Gasteiger partial charge in [0.2, 0.25) is 0 Å². The van der Waals surface area contributed by atoms with Gasteiger partial charge < -0.3 is 14.4 Å². The molecule has 0 aliphatic carbocycles. The van der Waals surface area contributed by atoms with Crippen LogP contribution >= 0.6 is 23.1 Å². The van der Waals surface area contributed by atoms with Crippen LogP contribution in [-0.4, -0.2) is 22.2 Å². The number of benzene rings is 3. The number of aromatic nitrogens is 1. The Bertz CT molecular complexity index is 1820. The van der Waals surface area contributed by atoms with E-state index in [1.54, 1.807) is 17.8 Å². The summed E-state index contributed by atoms with van der Waals surface area (Å²) in [5.74, 6) is -0.326. The number of nitriles is 1. The number of aliphatic carboxylic acids is 1. The monoisotopic (exact) mass is 576 g/mol. The van der Waals surface area contributed by atoms with Crippen LogP contribution in [0.5, 0.6) is 5.75 Å². The minimum Gasteiger partial charge on any atom is -0.494 e. The highest BCUT2D eigenvalue weighted by Crippen LogP contribution is 2.48. The molecule has 3 aromatic carbocycles. The fourth-order valence-electron chi connectivity index (χ4n) is 5.15. The molecule has 0 spiro atoms. The van der Waals surface area contributed by atoms with E-state index in [2.05, 4.69) is 78.2 Å². The minimum absolute atomic E-state index is 0.272. The Morgan fingerprint density at radius 2 is 1.80 bits per heavy atom. The molecule has 0 atom stereocenters. The number of unbranched alkanes of at least 4 members (excludes halogenated alkanes) is 3. The predicted molar refractivity (Wildman–Crippen MR) is 167 cm³/mol. The lowest BCUT2D eigenvalue weighted by atomic mass is 10.1. The van der Waals surface area contributed by atoms with Crippen molar-refractivity contribution < 1.29 is 14.6 Å². The molecule has 0 fully saturated rings. The van der Waals surface area contributed by atoms with Crippen molar-refractivity contribution in [2.45, 2.75) is 42.4 Å². The third-order valence-corrected chi connectivity index (χ3v) is 9.33. The molecular weight excluding hydrogens is 549 g/mol. The van der Waals surface area contributed by atoms with E-state index in [9.17, 15) is 9.90 Å². The van der Waals surface area contributed by atoms with Crippen LogP contribution in [0.15, 0.2) is 94.2 Å². The molecule has 204 valence electrons. The number of ether oxygens (including phenoxy) is 1. The van der Waals surface area contributed by atoms with Crippen LogP contribution in [0.2, 0.25) is 0 Å². The van der Waals surface area contributed by atoms with Crippen molar-refractivity contribution in [3.05, 3.63) is 89.3 Å². The topological polar surface area (TPSA) is 75.2 Å². The van der Waals surface area contributed by atoms with Gasteiger partial charge in [-0.15, -0.1) is 11.3 Å². The van der Waals surface area contributed by atoms with E-state index in [0.29, 0.717) is 0 Å². The number of thiophene rings is 1. The summed E-state index contributed by atoms with van der Waals surface area (Å²) >= 11 is 3.24. The van der Waals surface area contributed by atoms with Crippen molar-refractivity contribution in [2.24, 2.45) is 0 Å². The third kappa shape index (κ3) is 5.41. The summed E-state index contributed by atoms with van der Waals surface area (Å²) in [6.45, 7) is 2.95. The van der Waals surface area contributed by atoms with Gasteiger partial charge in [0.05, 0.1) is 23.5 Å². The van der Waals surface area contributed by atoms with Crippen LogP contribution < -0.4 is 4.74 Å². The van der Waals surface area contributed by atoms with Gasteiger partial charge in [-0.25, -0.2) is 4.79 Å². The first-order valence-corrected chi connectivity index (χ1v) is 15.3. The Labute approximate surface area is 247 Å². The van der Waals surface area contributed by atoms with Gasteiger partial charge in [-0.05, 0) is 90.4 Å².